The van der Waals surface area contributed by atoms with Gasteiger partial charge in [-0.2, -0.15) is 0 Å². The van der Waals surface area contributed by atoms with Crippen LogP contribution in [0.3, 0.4) is 0 Å². The molecule has 0 aromatic carbocycles. The Morgan fingerprint density at radius 1 is 1.00 bits per heavy atom. The van der Waals surface area contributed by atoms with Crippen molar-refractivity contribution in [3.05, 3.63) is 24.3 Å². The van der Waals surface area contributed by atoms with Crippen LogP contribution in [0, 0.1) is 23.7 Å². The Bertz CT molecular complexity index is 534. The molecule has 2 nitrogen and oxygen atoms in total. The lowest BCUT2D eigenvalue weighted by Gasteiger charge is -2.49. The summed E-state index contributed by atoms with van der Waals surface area (Å²) in [6, 6.07) is 2.15. The van der Waals surface area contributed by atoms with Gasteiger partial charge in [-0.3, -0.25) is 9.89 Å². The van der Waals surface area contributed by atoms with Crippen LogP contribution in [0.4, 0.5) is 0 Å². The lowest BCUT2D eigenvalue weighted by atomic mass is 9.70. The van der Waals surface area contributed by atoms with Crippen LogP contribution in [-0.2, 0) is 0 Å². The molecule has 0 bridgehead atoms. The predicted octanol–water partition coefficient (Wildman–Crippen LogP) is 5.26. The van der Waals surface area contributed by atoms with E-state index in [2.05, 4.69) is 49.3 Å². The molecule has 0 aromatic heterocycles. The van der Waals surface area contributed by atoms with E-state index in [9.17, 15) is 0 Å². The molecule has 0 aromatic rings. The molecule has 2 heterocycles. The molecule has 138 valence electrons. The lowest BCUT2D eigenvalue weighted by molar-refractivity contribution is 0.0291. The average Bonchev–Trinajstić information content (AvgIpc) is 3.14. The Morgan fingerprint density at radius 3 is 2.76 bits per heavy atom. The normalized spacial score (nSPS) is 46.4. The SMILES string of the molecule is CC1C=CCC2C1C(C)C/C=C\CN2C1CCCC(C2CCC=N2)C1. The van der Waals surface area contributed by atoms with Crippen molar-refractivity contribution in [2.75, 3.05) is 6.54 Å². The molecule has 2 heteroatoms. The molecule has 2 aliphatic heterocycles. The maximum Gasteiger partial charge on any atom is 0.0527 e. The maximum atomic E-state index is 4.81. The number of hydrogen-bond donors (Lipinski definition) is 0. The summed E-state index contributed by atoms with van der Waals surface area (Å²) in [7, 11) is 0. The van der Waals surface area contributed by atoms with E-state index in [0.717, 1.165) is 35.8 Å². The largest absolute Gasteiger partial charge is 0.294 e. The Kier molecular flexibility index (Phi) is 5.45. The minimum Gasteiger partial charge on any atom is -0.294 e. The fourth-order valence-corrected chi connectivity index (χ4v) is 6.28. The highest BCUT2D eigenvalue weighted by atomic mass is 15.2. The number of allylic oxidation sites excluding steroid dienone is 2. The second-order valence-electron chi connectivity index (χ2n) is 9.11. The number of hydrogen-bond acceptors (Lipinski definition) is 2. The zero-order chi connectivity index (χ0) is 17.2. The molecule has 1 saturated carbocycles. The molecule has 1 fully saturated rings. The molecular formula is C23H36N2. The van der Waals surface area contributed by atoms with Gasteiger partial charge in [0.2, 0.25) is 0 Å². The van der Waals surface area contributed by atoms with Gasteiger partial charge in [-0.25, -0.2) is 0 Å². The summed E-state index contributed by atoms with van der Waals surface area (Å²) in [5.74, 6) is 3.17. The minimum atomic E-state index is 0.632. The molecule has 7 atom stereocenters. The zero-order valence-electron chi connectivity index (χ0n) is 16.2. The highest BCUT2D eigenvalue weighted by Crippen LogP contribution is 2.41. The van der Waals surface area contributed by atoms with Gasteiger partial charge in [-0.15, -0.1) is 0 Å². The van der Waals surface area contributed by atoms with Crippen molar-refractivity contribution in [3.8, 4) is 0 Å². The molecule has 2 aliphatic carbocycles. The van der Waals surface area contributed by atoms with Crippen LogP contribution < -0.4 is 0 Å². The van der Waals surface area contributed by atoms with Crippen LogP contribution in [0.25, 0.3) is 0 Å². The maximum absolute atomic E-state index is 4.81. The van der Waals surface area contributed by atoms with Gasteiger partial charge >= 0.3 is 0 Å². The van der Waals surface area contributed by atoms with Gasteiger partial charge in [-0.05, 0) is 74.8 Å². The molecule has 4 rings (SSSR count). The third-order valence-corrected chi connectivity index (χ3v) is 7.53. The minimum absolute atomic E-state index is 0.632. The van der Waals surface area contributed by atoms with E-state index in [1.165, 1.54) is 57.9 Å². The van der Waals surface area contributed by atoms with E-state index < -0.39 is 0 Å². The number of rotatable bonds is 2. The van der Waals surface area contributed by atoms with Gasteiger partial charge in [0.05, 0.1) is 6.04 Å². The fraction of sp³-hybridized carbons (Fsp3) is 0.783. The second-order valence-corrected chi connectivity index (χ2v) is 9.11. The first-order valence-electron chi connectivity index (χ1n) is 10.8. The quantitative estimate of drug-likeness (QED) is 0.626. The van der Waals surface area contributed by atoms with Crippen molar-refractivity contribution in [1.29, 1.82) is 0 Å². The molecule has 0 amide bonds. The fourth-order valence-electron chi connectivity index (χ4n) is 6.28. The first-order valence-corrected chi connectivity index (χ1v) is 10.8. The van der Waals surface area contributed by atoms with Gasteiger partial charge < -0.3 is 0 Å². The average molecular weight is 341 g/mol. The van der Waals surface area contributed by atoms with Gasteiger partial charge in [0.25, 0.3) is 0 Å². The highest BCUT2D eigenvalue weighted by molar-refractivity contribution is 5.59. The Morgan fingerprint density at radius 2 is 1.92 bits per heavy atom. The summed E-state index contributed by atoms with van der Waals surface area (Å²) in [5, 5.41) is 0. The van der Waals surface area contributed by atoms with E-state index in [-0.39, 0.29) is 0 Å². The summed E-state index contributed by atoms with van der Waals surface area (Å²) in [6.07, 6.45) is 22.7. The summed E-state index contributed by atoms with van der Waals surface area (Å²) in [6.45, 7) is 6.10. The van der Waals surface area contributed by atoms with Crippen molar-refractivity contribution < 1.29 is 0 Å². The van der Waals surface area contributed by atoms with Crippen molar-refractivity contribution in [2.45, 2.75) is 83.3 Å². The summed E-state index contributed by atoms with van der Waals surface area (Å²) >= 11 is 0. The van der Waals surface area contributed by atoms with E-state index in [1.54, 1.807) is 0 Å². The monoisotopic (exact) mass is 340 g/mol. The smallest absolute Gasteiger partial charge is 0.0527 e. The van der Waals surface area contributed by atoms with Crippen molar-refractivity contribution in [2.24, 2.45) is 28.7 Å². The Hall–Kier alpha value is -0.890. The Labute approximate surface area is 154 Å². The van der Waals surface area contributed by atoms with Crippen LogP contribution in [0.15, 0.2) is 29.3 Å². The lowest BCUT2D eigenvalue weighted by Crippen LogP contribution is -2.52. The molecule has 0 radical (unpaired) electrons. The molecule has 25 heavy (non-hydrogen) atoms. The Balaban J connectivity index is 1.54. The summed E-state index contributed by atoms with van der Waals surface area (Å²) in [5.41, 5.74) is 0. The molecule has 0 spiro atoms. The summed E-state index contributed by atoms with van der Waals surface area (Å²) < 4.78 is 0. The molecule has 7 unspecified atom stereocenters. The zero-order valence-corrected chi connectivity index (χ0v) is 16.2. The van der Waals surface area contributed by atoms with Crippen LogP contribution in [0.5, 0.6) is 0 Å². The van der Waals surface area contributed by atoms with Crippen LogP contribution in [-0.4, -0.2) is 35.8 Å². The summed E-state index contributed by atoms with van der Waals surface area (Å²) in [4.78, 5) is 7.73. The molecular weight excluding hydrogens is 304 g/mol. The topological polar surface area (TPSA) is 15.6 Å². The number of aliphatic imine (C=N–C) groups is 1. The van der Waals surface area contributed by atoms with E-state index in [1.807, 2.05) is 0 Å². The molecule has 0 N–H and O–H groups in total. The first-order chi connectivity index (χ1) is 12.2. The van der Waals surface area contributed by atoms with Gasteiger partial charge in [0.15, 0.2) is 0 Å². The van der Waals surface area contributed by atoms with Crippen molar-refractivity contribution in [3.63, 3.8) is 0 Å². The molecule has 0 saturated heterocycles. The van der Waals surface area contributed by atoms with E-state index in [0.29, 0.717) is 6.04 Å². The van der Waals surface area contributed by atoms with Gasteiger partial charge in [-0.1, -0.05) is 44.6 Å². The van der Waals surface area contributed by atoms with E-state index in [4.69, 9.17) is 4.99 Å². The van der Waals surface area contributed by atoms with E-state index >= 15 is 0 Å². The number of nitrogens with zero attached hydrogens (tertiary/aromatic N) is 2. The highest BCUT2D eigenvalue weighted by Gasteiger charge is 2.40. The second kappa shape index (κ2) is 7.78. The van der Waals surface area contributed by atoms with Crippen molar-refractivity contribution >= 4 is 6.21 Å². The van der Waals surface area contributed by atoms with Gasteiger partial charge in [0.1, 0.15) is 0 Å². The first kappa shape index (κ1) is 17.5. The van der Waals surface area contributed by atoms with Crippen molar-refractivity contribution in [1.82, 2.24) is 4.90 Å². The van der Waals surface area contributed by atoms with Crippen LogP contribution in [0.2, 0.25) is 0 Å². The van der Waals surface area contributed by atoms with Gasteiger partial charge in [0, 0.05) is 18.6 Å². The van der Waals surface area contributed by atoms with Crippen LogP contribution >= 0.6 is 0 Å². The number of fused-ring (bicyclic) bond motifs is 1. The predicted molar refractivity (Wildman–Crippen MR) is 107 cm³/mol. The molecule has 4 aliphatic rings. The van der Waals surface area contributed by atoms with Crippen LogP contribution in [0.1, 0.15) is 65.2 Å². The standard InChI is InChI=1S/C23H36N2/c1-17-8-3-4-15-25(22-13-5-9-18(2)23(17)22)20-11-6-10-19(16-20)21-12-7-14-24-21/h3-5,9,14,17-23H,6-8,10-13,15-16H2,1-2H3/b4-3-. The third kappa shape index (κ3) is 3.65. The third-order valence-electron chi connectivity index (χ3n) is 7.53.